The predicted molar refractivity (Wildman–Crippen MR) is 79.0 cm³/mol. The molecule has 0 spiro atoms. The molecule has 0 saturated heterocycles. The lowest BCUT2D eigenvalue weighted by Crippen LogP contribution is -2.11. The van der Waals surface area contributed by atoms with Gasteiger partial charge in [0.15, 0.2) is 0 Å². The van der Waals surface area contributed by atoms with Gasteiger partial charge in [0.2, 0.25) is 0 Å². The van der Waals surface area contributed by atoms with Crippen LogP contribution in [0.1, 0.15) is 19.0 Å². The zero-order valence-electron chi connectivity index (χ0n) is 11.6. The summed E-state index contributed by atoms with van der Waals surface area (Å²) in [6.07, 6.45) is 2.84. The van der Waals surface area contributed by atoms with Crippen LogP contribution in [0.25, 0.3) is 0 Å². The Bertz CT molecular complexity index is 512. The van der Waals surface area contributed by atoms with Crippen molar-refractivity contribution >= 4 is 11.6 Å². The highest BCUT2D eigenvalue weighted by Gasteiger charge is 2.00. The molecule has 0 saturated carbocycles. The van der Waals surface area contributed by atoms with Gasteiger partial charge in [-0.15, -0.1) is 5.10 Å². The minimum absolute atomic E-state index is 0.643. The number of nitrogens with one attached hydrogen (secondary N) is 1. The molecule has 0 aliphatic heterocycles. The van der Waals surface area contributed by atoms with Crippen LogP contribution in [0.15, 0.2) is 30.5 Å². The van der Waals surface area contributed by atoms with Crippen molar-refractivity contribution < 1.29 is 4.74 Å². The lowest BCUT2D eigenvalue weighted by Gasteiger charge is -2.05. The molecule has 2 rings (SSSR count). The highest BCUT2D eigenvalue weighted by Crippen LogP contribution is 2.15. The van der Waals surface area contributed by atoms with E-state index in [1.807, 2.05) is 35.1 Å². The molecule has 0 aliphatic rings. The van der Waals surface area contributed by atoms with E-state index in [9.17, 15) is 0 Å². The van der Waals surface area contributed by atoms with Gasteiger partial charge in [-0.25, -0.2) is 0 Å². The molecule has 5 nitrogen and oxygen atoms in total. The van der Waals surface area contributed by atoms with Gasteiger partial charge in [-0.1, -0.05) is 23.7 Å². The van der Waals surface area contributed by atoms with Crippen molar-refractivity contribution in [1.29, 1.82) is 0 Å². The number of aromatic nitrogens is 3. The molecule has 0 bridgehead atoms. The molecular formula is C14H19ClN4O. The molecular weight excluding hydrogens is 276 g/mol. The normalized spacial score (nSPS) is 10.7. The summed E-state index contributed by atoms with van der Waals surface area (Å²) >= 11 is 5.81. The van der Waals surface area contributed by atoms with Crippen molar-refractivity contribution in [3.63, 3.8) is 0 Å². The minimum atomic E-state index is 0.643. The van der Waals surface area contributed by atoms with E-state index in [-0.39, 0.29) is 0 Å². The van der Waals surface area contributed by atoms with E-state index < -0.39 is 0 Å². The van der Waals surface area contributed by atoms with Gasteiger partial charge < -0.3 is 10.1 Å². The Balaban J connectivity index is 1.67. The molecule has 0 fully saturated rings. The summed E-state index contributed by atoms with van der Waals surface area (Å²) in [4.78, 5) is 0. The van der Waals surface area contributed by atoms with Crippen LogP contribution in [0.5, 0.6) is 5.75 Å². The van der Waals surface area contributed by atoms with Crippen LogP contribution in [0.4, 0.5) is 0 Å². The predicted octanol–water partition coefficient (Wildman–Crippen LogP) is 2.51. The van der Waals surface area contributed by atoms with E-state index in [0.29, 0.717) is 11.6 Å². The monoisotopic (exact) mass is 294 g/mol. The molecule has 0 atom stereocenters. The van der Waals surface area contributed by atoms with Crippen LogP contribution in [-0.4, -0.2) is 28.1 Å². The second kappa shape index (κ2) is 7.87. The standard InChI is InChI=1S/C14H19ClN4O/c1-2-16-10-13-11-19(18-17-13)8-3-9-20-14-6-4-12(15)5-7-14/h4-7,11,16H,2-3,8-10H2,1H3. The summed E-state index contributed by atoms with van der Waals surface area (Å²) in [5.74, 6) is 0.834. The van der Waals surface area contributed by atoms with Crippen molar-refractivity contribution in [3.8, 4) is 5.75 Å². The second-order valence-corrected chi connectivity index (χ2v) is 4.85. The largest absolute Gasteiger partial charge is 0.494 e. The lowest BCUT2D eigenvalue weighted by atomic mass is 10.3. The number of ether oxygens (including phenoxy) is 1. The van der Waals surface area contributed by atoms with E-state index in [1.165, 1.54) is 0 Å². The van der Waals surface area contributed by atoms with E-state index in [0.717, 1.165) is 37.5 Å². The maximum Gasteiger partial charge on any atom is 0.119 e. The molecule has 0 unspecified atom stereocenters. The first-order chi connectivity index (χ1) is 9.78. The highest BCUT2D eigenvalue weighted by molar-refractivity contribution is 6.30. The van der Waals surface area contributed by atoms with Crippen molar-refractivity contribution in [1.82, 2.24) is 20.3 Å². The van der Waals surface area contributed by atoms with E-state index in [2.05, 4.69) is 22.6 Å². The lowest BCUT2D eigenvalue weighted by molar-refractivity contribution is 0.298. The third-order valence-electron chi connectivity index (χ3n) is 2.76. The maximum absolute atomic E-state index is 5.81. The maximum atomic E-state index is 5.81. The van der Waals surface area contributed by atoms with Crippen molar-refractivity contribution in [2.75, 3.05) is 13.2 Å². The third-order valence-corrected chi connectivity index (χ3v) is 3.01. The highest BCUT2D eigenvalue weighted by atomic mass is 35.5. The second-order valence-electron chi connectivity index (χ2n) is 4.41. The van der Waals surface area contributed by atoms with Gasteiger partial charge in [-0.2, -0.15) is 0 Å². The third kappa shape index (κ3) is 4.83. The number of benzene rings is 1. The van der Waals surface area contributed by atoms with Gasteiger partial charge in [-0.3, -0.25) is 4.68 Å². The number of hydrogen-bond acceptors (Lipinski definition) is 4. The van der Waals surface area contributed by atoms with Crippen LogP contribution < -0.4 is 10.1 Å². The number of nitrogens with zero attached hydrogens (tertiary/aromatic N) is 3. The summed E-state index contributed by atoms with van der Waals surface area (Å²) in [6, 6.07) is 7.38. The fraction of sp³-hybridized carbons (Fsp3) is 0.429. The summed E-state index contributed by atoms with van der Waals surface area (Å²) in [5.41, 5.74) is 0.963. The van der Waals surface area contributed by atoms with E-state index >= 15 is 0 Å². The smallest absolute Gasteiger partial charge is 0.119 e. The Morgan fingerprint density at radius 3 is 2.85 bits per heavy atom. The van der Waals surface area contributed by atoms with Crippen LogP contribution >= 0.6 is 11.6 Å². The Hall–Kier alpha value is -1.59. The SMILES string of the molecule is CCNCc1cn(CCCOc2ccc(Cl)cc2)nn1. The molecule has 1 aromatic heterocycles. The van der Waals surface area contributed by atoms with Crippen molar-refractivity contribution in [3.05, 3.63) is 41.2 Å². The molecule has 2 aromatic rings. The number of hydrogen-bond donors (Lipinski definition) is 1. The Morgan fingerprint density at radius 2 is 2.10 bits per heavy atom. The summed E-state index contributed by atoms with van der Waals surface area (Å²) in [7, 11) is 0. The number of rotatable bonds is 8. The van der Waals surface area contributed by atoms with Gasteiger partial charge >= 0.3 is 0 Å². The molecule has 0 aliphatic carbocycles. The van der Waals surface area contributed by atoms with Gasteiger partial charge in [0.25, 0.3) is 0 Å². The molecule has 1 N–H and O–H groups in total. The van der Waals surface area contributed by atoms with Gasteiger partial charge in [0.1, 0.15) is 5.75 Å². The first-order valence-electron chi connectivity index (χ1n) is 6.76. The van der Waals surface area contributed by atoms with Crippen LogP contribution in [0.2, 0.25) is 5.02 Å². The molecule has 108 valence electrons. The fourth-order valence-corrected chi connectivity index (χ4v) is 1.86. The summed E-state index contributed by atoms with van der Waals surface area (Å²) < 4.78 is 7.47. The fourth-order valence-electron chi connectivity index (χ4n) is 1.73. The number of halogens is 1. The Kier molecular flexibility index (Phi) is 5.83. The first kappa shape index (κ1) is 14.8. The Labute approximate surface area is 123 Å². The Morgan fingerprint density at radius 1 is 1.30 bits per heavy atom. The van der Waals surface area contributed by atoms with Crippen LogP contribution in [0.3, 0.4) is 0 Å². The topological polar surface area (TPSA) is 52.0 Å². The van der Waals surface area contributed by atoms with Gasteiger partial charge in [0, 0.05) is 30.7 Å². The molecule has 1 heterocycles. The van der Waals surface area contributed by atoms with Crippen LogP contribution in [-0.2, 0) is 13.1 Å². The molecule has 20 heavy (non-hydrogen) atoms. The molecule has 0 amide bonds. The van der Waals surface area contributed by atoms with Crippen molar-refractivity contribution in [2.45, 2.75) is 26.4 Å². The molecule has 1 aromatic carbocycles. The van der Waals surface area contributed by atoms with Crippen molar-refractivity contribution in [2.24, 2.45) is 0 Å². The quantitative estimate of drug-likeness (QED) is 0.760. The average Bonchev–Trinajstić information content (AvgIpc) is 2.91. The minimum Gasteiger partial charge on any atom is -0.494 e. The summed E-state index contributed by atoms with van der Waals surface area (Å²) in [6.45, 7) is 5.20. The average molecular weight is 295 g/mol. The van der Waals surface area contributed by atoms with E-state index in [4.69, 9.17) is 16.3 Å². The van der Waals surface area contributed by atoms with Gasteiger partial charge in [-0.05, 0) is 30.8 Å². The first-order valence-corrected chi connectivity index (χ1v) is 7.14. The zero-order valence-corrected chi connectivity index (χ0v) is 12.3. The van der Waals surface area contributed by atoms with E-state index in [1.54, 1.807) is 0 Å². The summed E-state index contributed by atoms with van der Waals surface area (Å²) in [5, 5.41) is 12.1. The van der Waals surface area contributed by atoms with Crippen LogP contribution in [0, 0.1) is 0 Å². The van der Waals surface area contributed by atoms with Gasteiger partial charge in [0.05, 0.1) is 12.3 Å². The zero-order chi connectivity index (χ0) is 14.2. The molecule has 6 heteroatoms. The number of aryl methyl sites for hydroxylation is 1. The molecule has 0 radical (unpaired) electrons.